The average molecular weight is 439 g/mol. The van der Waals surface area contributed by atoms with Crippen molar-refractivity contribution in [2.24, 2.45) is 0 Å². The highest BCUT2D eigenvalue weighted by molar-refractivity contribution is 7.89. The van der Waals surface area contributed by atoms with Crippen molar-refractivity contribution in [2.75, 3.05) is 0 Å². The third-order valence-corrected chi connectivity index (χ3v) is 7.67. The van der Waals surface area contributed by atoms with E-state index in [4.69, 9.17) is 4.74 Å². The molecule has 0 fully saturated rings. The standard InChI is InChI=1S/C24H26N2O4S/c1-17(2)26-21(24(27)20-11-4-6-13-23(20)31(26,28)29)15-18-9-3-5-12-22(18)30-16-19-10-7-8-14-25-19/h3-14,17,21,24,27H,15-16H2,1-2H3/t21-,24-/m0/s1. The molecule has 0 saturated carbocycles. The van der Waals surface area contributed by atoms with Gasteiger partial charge in [-0.1, -0.05) is 42.5 Å². The first-order chi connectivity index (χ1) is 14.9. The largest absolute Gasteiger partial charge is 0.487 e. The first kappa shape index (κ1) is 21.5. The van der Waals surface area contributed by atoms with E-state index in [1.165, 1.54) is 4.31 Å². The number of nitrogens with zero attached hydrogens (tertiary/aromatic N) is 2. The van der Waals surface area contributed by atoms with Gasteiger partial charge in [-0.25, -0.2) is 8.42 Å². The van der Waals surface area contributed by atoms with Gasteiger partial charge in [0.2, 0.25) is 10.0 Å². The molecule has 1 aromatic heterocycles. The maximum atomic E-state index is 13.4. The average Bonchev–Trinajstić information content (AvgIpc) is 2.77. The summed E-state index contributed by atoms with van der Waals surface area (Å²) in [6, 6.07) is 18.9. The van der Waals surface area contributed by atoms with Crippen LogP contribution in [0.3, 0.4) is 0 Å². The number of sulfonamides is 1. The van der Waals surface area contributed by atoms with Gasteiger partial charge in [0.1, 0.15) is 12.4 Å². The molecule has 0 spiro atoms. The summed E-state index contributed by atoms with van der Waals surface area (Å²) in [4.78, 5) is 4.45. The summed E-state index contributed by atoms with van der Waals surface area (Å²) in [6.45, 7) is 3.96. The van der Waals surface area contributed by atoms with Crippen molar-refractivity contribution in [2.45, 2.75) is 50.0 Å². The fourth-order valence-corrected chi connectivity index (χ4v) is 6.20. The van der Waals surface area contributed by atoms with Gasteiger partial charge in [-0.3, -0.25) is 4.98 Å². The van der Waals surface area contributed by atoms with Crippen molar-refractivity contribution < 1.29 is 18.3 Å². The number of aromatic nitrogens is 1. The van der Waals surface area contributed by atoms with Crippen LogP contribution in [0.4, 0.5) is 0 Å². The Labute approximate surface area is 183 Å². The molecule has 31 heavy (non-hydrogen) atoms. The topological polar surface area (TPSA) is 79.7 Å². The number of aliphatic hydroxyl groups is 1. The van der Waals surface area contributed by atoms with Gasteiger partial charge >= 0.3 is 0 Å². The second kappa shape index (κ2) is 8.78. The Kier molecular flexibility index (Phi) is 6.09. The molecule has 0 unspecified atom stereocenters. The van der Waals surface area contributed by atoms with Crippen LogP contribution >= 0.6 is 0 Å². The highest BCUT2D eigenvalue weighted by atomic mass is 32.2. The molecule has 0 aliphatic carbocycles. The number of para-hydroxylation sites is 1. The lowest BCUT2D eigenvalue weighted by molar-refractivity contribution is 0.0680. The van der Waals surface area contributed by atoms with E-state index >= 15 is 0 Å². The number of hydrogen-bond acceptors (Lipinski definition) is 5. The molecule has 6 nitrogen and oxygen atoms in total. The normalized spacial score (nSPS) is 20.4. The molecule has 162 valence electrons. The van der Waals surface area contributed by atoms with E-state index in [-0.39, 0.29) is 10.9 Å². The third-order valence-electron chi connectivity index (χ3n) is 5.50. The van der Waals surface area contributed by atoms with Gasteiger partial charge < -0.3 is 9.84 Å². The van der Waals surface area contributed by atoms with Crippen LogP contribution < -0.4 is 4.74 Å². The Hall–Kier alpha value is -2.74. The first-order valence-corrected chi connectivity index (χ1v) is 11.7. The van der Waals surface area contributed by atoms with E-state index in [1.807, 2.05) is 56.3 Å². The summed E-state index contributed by atoms with van der Waals surface area (Å²) >= 11 is 0. The molecule has 0 radical (unpaired) electrons. The SMILES string of the molecule is CC(C)N1[C@@H](Cc2ccccc2OCc2ccccn2)[C@@H](O)c2ccccc2S1(=O)=O. The number of fused-ring (bicyclic) bond motifs is 1. The molecule has 2 heterocycles. The lowest BCUT2D eigenvalue weighted by atomic mass is 9.94. The van der Waals surface area contributed by atoms with E-state index in [0.717, 1.165) is 11.3 Å². The number of hydrogen-bond donors (Lipinski definition) is 1. The van der Waals surface area contributed by atoms with Gasteiger partial charge in [-0.2, -0.15) is 4.31 Å². The van der Waals surface area contributed by atoms with Gasteiger partial charge in [0, 0.05) is 17.8 Å². The van der Waals surface area contributed by atoms with Crippen molar-refractivity contribution in [1.29, 1.82) is 0 Å². The molecule has 3 aromatic rings. The fourth-order valence-electron chi connectivity index (χ4n) is 4.13. The van der Waals surface area contributed by atoms with Crippen LogP contribution in [0.15, 0.2) is 77.8 Å². The van der Waals surface area contributed by atoms with Crippen LogP contribution in [0, 0.1) is 0 Å². The molecular formula is C24H26N2O4S. The van der Waals surface area contributed by atoms with Gasteiger partial charge in [-0.15, -0.1) is 0 Å². The monoisotopic (exact) mass is 438 g/mol. The molecular weight excluding hydrogens is 412 g/mol. The van der Waals surface area contributed by atoms with Crippen LogP contribution in [-0.4, -0.2) is 34.9 Å². The van der Waals surface area contributed by atoms with Gasteiger partial charge in [-0.05, 0) is 50.1 Å². The van der Waals surface area contributed by atoms with Crippen LogP contribution in [-0.2, 0) is 23.1 Å². The summed E-state index contributed by atoms with van der Waals surface area (Å²) in [5, 5.41) is 11.2. The number of aliphatic hydroxyl groups excluding tert-OH is 1. The third kappa shape index (κ3) is 4.21. The fraction of sp³-hybridized carbons (Fsp3) is 0.292. The Morgan fingerprint density at radius 1 is 1.03 bits per heavy atom. The second-order valence-electron chi connectivity index (χ2n) is 7.90. The summed E-state index contributed by atoms with van der Waals surface area (Å²) in [7, 11) is -3.73. The van der Waals surface area contributed by atoms with Crippen molar-refractivity contribution in [1.82, 2.24) is 9.29 Å². The Balaban J connectivity index is 1.67. The molecule has 2 aromatic carbocycles. The molecule has 0 bridgehead atoms. The van der Waals surface area contributed by atoms with Crippen molar-refractivity contribution in [3.8, 4) is 5.75 Å². The van der Waals surface area contributed by atoms with E-state index < -0.39 is 22.2 Å². The summed E-state index contributed by atoms with van der Waals surface area (Å²) in [6.07, 6.45) is 1.10. The van der Waals surface area contributed by atoms with E-state index in [0.29, 0.717) is 24.3 Å². The minimum atomic E-state index is -3.73. The minimum absolute atomic E-state index is 0.173. The lowest BCUT2D eigenvalue weighted by Crippen LogP contribution is -2.52. The quantitative estimate of drug-likeness (QED) is 0.635. The number of ether oxygens (including phenoxy) is 1. The number of pyridine rings is 1. The van der Waals surface area contributed by atoms with Gasteiger partial charge in [0.05, 0.1) is 22.7 Å². The maximum Gasteiger partial charge on any atom is 0.244 e. The van der Waals surface area contributed by atoms with Crippen molar-refractivity contribution >= 4 is 10.0 Å². The zero-order valence-electron chi connectivity index (χ0n) is 17.5. The predicted molar refractivity (Wildman–Crippen MR) is 118 cm³/mol. The smallest absolute Gasteiger partial charge is 0.244 e. The van der Waals surface area contributed by atoms with Crippen LogP contribution in [0.1, 0.15) is 36.8 Å². The molecule has 2 atom stereocenters. The highest BCUT2D eigenvalue weighted by Gasteiger charge is 2.45. The lowest BCUT2D eigenvalue weighted by Gasteiger charge is -2.41. The molecule has 1 aliphatic rings. The highest BCUT2D eigenvalue weighted by Crippen LogP contribution is 2.40. The van der Waals surface area contributed by atoms with Gasteiger partial charge in [0.15, 0.2) is 0 Å². The van der Waals surface area contributed by atoms with Crippen LogP contribution in [0.25, 0.3) is 0 Å². The summed E-state index contributed by atoms with van der Waals surface area (Å²) < 4.78 is 34.2. The molecule has 1 N–H and O–H groups in total. The van der Waals surface area contributed by atoms with Crippen molar-refractivity contribution in [3.05, 3.63) is 89.7 Å². The Bertz CT molecular complexity index is 1150. The maximum absolute atomic E-state index is 13.4. The van der Waals surface area contributed by atoms with Gasteiger partial charge in [0.25, 0.3) is 0 Å². The predicted octanol–water partition coefficient (Wildman–Crippen LogP) is 3.72. The van der Waals surface area contributed by atoms with E-state index in [9.17, 15) is 13.5 Å². The van der Waals surface area contributed by atoms with Crippen molar-refractivity contribution in [3.63, 3.8) is 0 Å². The van der Waals surface area contributed by atoms with E-state index in [2.05, 4.69) is 4.98 Å². The molecule has 4 rings (SSSR count). The first-order valence-electron chi connectivity index (χ1n) is 10.3. The molecule has 0 amide bonds. The zero-order chi connectivity index (χ0) is 22.0. The summed E-state index contributed by atoms with van der Waals surface area (Å²) in [5.41, 5.74) is 2.08. The zero-order valence-corrected chi connectivity index (χ0v) is 18.4. The molecule has 0 saturated heterocycles. The Morgan fingerprint density at radius 3 is 2.48 bits per heavy atom. The molecule has 1 aliphatic heterocycles. The van der Waals surface area contributed by atoms with Crippen LogP contribution in [0.5, 0.6) is 5.75 Å². The molecule has 7 heteroatoms. The number of benzene rings is 2. The number of rotatable bonds is 6. The van der Waals surface area contributed by atoms with E-state index in [1.54, 1.807) is 30.5 Å². The Morgan fingerprint density at radius 2 is 1.74 bits per heavy atom. The second-order valence-corrected chi connectivity index (χ2v) is 9.71. The summed E-state index contributed by atoms with van der Waals surface area (Å²) in [5.74, 6) is 0.653. The van der Waals surface area contributed by atoms with Crippen LogP contribution in [0.2, 0.25) is 0 Å². The minimum Gasteiger partial charge on any atom is -0.487 e.